The summed E-state index contributed by atoms with van der Waals surface area (Å²) in [6.07, 6.45) is 2.47. The summed E-state index contributed by atoms with van der Waals surface area (Å²) in [5.74, 6) is 0.436. The number of aryl methyl sites for hydroxylation is 1. The van der Waals surface area contributed by atoms with Crippen LogP contribution in [0.25, 0.3) is 0 Å². The highest BCUT2D eigenvalue weighted by Crippen LogP contribution is 2.23. The van der Waals surface area contributed by atoms with Crippen molar-refractivity contribution < 1.29 is 0 Å². The zero-order chi connectivity index (χ0) is 13.0. The van der Waals surface area contributed by atoms with Gasteiger partial charge in [-0.15, -0.1) is 0 Å². The van der Waals surface area contributed by atoms with E-state index in [1.807, 2.05) is 18.2 Å². The molecule has 18 heavy (non-hydrogen) atoms. The van der Waals surface area contributed by atoms with E-state index in [1.165, 1.54) is 0 Å². The molecule has 0 saturated heterocycles. The third-order valence-corrected chi connectivity index (χ3v) is 2.96. The molecule has 1 N–H and O–H groups in total. The number of aromatic nitrogens is 2. The monoisotopic (exact) mass is 302 g/mol. The lowest BCUT2D eigenvalue weighted by Gasteiger charge is -2.09. The topological polar surface area (TPSA) is 61.6 Å². The summed E-state index contributed by atoms with van der Waals surface area (Å²) in [7, 11) is 0. The lowest BCUT2D eigenvalue weighted by molar-refractivity contribution is 1.11. The fourth-order valence-corrected chi connectivity index (χ4v) is 1.99. The summed E-state index contributed by atoms with van der Waals surface area (Å²) in [4.78, 5) is 8.18. The van der Waals surface area contributed by atoms with E-state index in [0.717, 1.165) is 22.1 Å². The third kappa shape index (κ3) is 2.84. The quantitative estimate of drug-likeness (QED) is 0.943. The van der Waals surface area contributed by atoms with Crippen LogP contribution < -0.4 is 5.32 Å². The van der Waals surface area contributed by atoms with Crippen molar-refractivity contribution >= 4 is 27.6 Å². The number of nitrogens with one attached hydrogen (secondary N) is 1. The minimum Gasteiger partial charge on any atom is -0.324 e. The Morgan fingerprint density at radius 1 is 1.39 bits per heavy atom. The van der Waals surface area contributed by atoms with Crippen molar-refractivity contribution in [2.24, 2.45) is 0 Å². The lowest BCUT2D eigenvalue weighted by Crippen LogP contribution is -2.00. The number of hydrogen-bond acceptors (Lipinski definition) is 4. The molecule has 4 nitrogen and oxygen atoms in total. The van der Waals surface area contributed by atoms with E-state index in [2.05, 4.69) is 44.2 Å². The van der Waals surface area contributed by atoms with Gasteiger partial charge in [0.25, 0.3) is 0 Å². The molecule has 0 radical (unpaired) electrons. The van der Waals surface area contributed by atoms with Gasteiger partial charge in [-0.05, 0) is 36.2 Å². The third-order valence-electron chi connectivity index (χ3n) is 2.46. The van der Waals surface area contributed by atoms with Crippen LogP contribution in [-0.4, -0.2) is 9.97 Å². The number of anilines is 2. The molecular weight excluding hydrogens is 292 g/mol. The van der Waals surface area contributed by atoms with E-state index < -0.39 is 0 Å². The van der Waals surface area contributed by atoms with E-state index in [1.54, 1.807) is 12.3 Å². The van der Waals surface area contributed by atoms with Crippen LogP contribution in [0.1, 0.15) is 18.2 Å². The Bertz CT molecular complexity index is 604. The molecule has 0 spiro atoms. The van der Waals surface area contributed by atoms with Gasteiger partial charge in [-0.2, -0.15) is 5.26 Å². The molecule has 0 aliphatic carbocycles. The molecule has 0 aliphatic rings. The maximum absolute atomic E-state index is 8.79. The molecule has 0 saturated carbocycles. The van der Waals surface area contributed by atoms with Crippen LogP contribution in [0.3, 0.4) is 0 Å². The standard InChI is InChI=1S/C13H11BrN4/c1-2-9-7-10(14)3-4-12(9)18-13-16-6-5-11(8-15)17-13/h3-7H,2H2,1H3,(H,16,17,18). The van der Waals surface area contributed by atoms with Gasteiger partial charge in [0.2, 0.25) is 5.95 Å². The summed E-state index contributed by atoms with van der Waals surface area (Å²) in [6.45, 7) is 2.08. The zero-order valence-corrected chi connectivity index (χ0v) is 11.4. The largest absolute Gasteiger partial charge is 0.324 e. The molecule has 0 amide bonds. The minimum absolute atomic E-state index is 0.350. The number of hydrogen-bond donors (Lipinski definition) is 1. The number of halogens is 1. The Balaban J connectivity index is 2.31. The van der Waals surface area contributed by atoms with Crippen molar-refractivity contribution in [1.29, 1.82) is 5.26 Å². The minimum atomic E-state index is 0.350. The van der Waals surface area contributed by atoms with Crippen LogP contribution in [0.4, 0.5) is 11.6 Å². The first-order valence-corrected chi connectivity index (χ1v) is 6.31. The second-order valence-electron chi connectivity index (χ2n) is 3.66. The highest BCUT2D eigenvalue weighted by molar-refractivity contribution is 9.10. The molecule has 0 aliphatic heterocycles. The first kappa shape index (κ1) is 12.5. The molecule has 1 heterocycles. The molecule has 1 aromatic heterocycles. The Morgan fingerprint density at radius 2 is 2.22 bits per heavy atom. The van der Waals surface area contributed by atoms with Crippen LogP contribution >= 0.6 is 15.9 Å². The number of benzene rings is 1. The van der Waals surface area contributed by atoms with Crippen LogP contribution in [0.2, 0.25) is 0 Å². The van der Waals surface area contributed by atoms with Crippen molar-refractivity contribution in [3.05, 3.63) is 46.2 Å². The van der Waals surface area contributed by atoms with Gasteiger partial charge in [-0.25, -0.2) is 9.97 Å². The van der Waals surface area contributed by atoms with Crippen LogP contribution in [-0.2, 0) is 6.42 Å². The highest BCUT2D eigenvalue weighted by atomic mass is 79.9. The van der Waals surface area contributed by atoms with Crippen molar-refractivity contribution in [2.75, 3.05) is 5.32 Å². The SMILES string of the molecule is CCc1cc(Br)ccc1Nc1nccc(C#N)n1. The summed E-state index contributed by atoms with van der Waals surface area (Å²) >= 11 is 3.44. The summed E-state index contributed by atoms with van der Waals surface area (Å²) in [5, 5.41) is 11.9. The molecule has 0 fully saturated rings. The smallest absolute Gasteiger partial charge is 0.228 e. The van der Waals surface area contributed by atoms with Crippen molar-refractivity contribution in [3.8, 4) is 6.07 Å². The first-order chi connectivity index (χ1) is 8.72. The van der Waals surface area contributed by atoms with Crippen molar-refractivity contribution in [2.45, 2.75) is 13.3 Å². The van der Waals surface area contributed by atoms with Crippen LogP contribution in [0.5, 0.6) is 0 Å². The Hall–Kier alpha value is -1.93. The highest BCUT2D eigenvalue weighted by Gasteiger charge is 2.04. The predicted octanol–water partition coefficient (Wildman–Crippen LogP) is 3.42. The van der Waals surface area contributed by atoms with Gasteiger partial charge >= 0.3 is 0 Å². The second-order valence-corrected chi connectivity index (χ2v) is 4.57. The lowest BCUT2D eigenvalue weighted by atomic mass is 10.1. The average Bonchev–Trinajstić information content (AvgIpc) is 2.41. The Morgan fingerprint density at radius 3 is 2.94 bits per heavy atom. The van der Waals surface area contributed by atoms with E-state index in [0.29, 0.717) is 11.6 Å². The molecule has 5 heteroatoms. The van der Waals surface area contributed by atoms with Gasteiger partial charge in [0, 0.05) is 16.4 Å². The van der Waals surface area contributed by atoms with Gasteiger partial charge in [0.1, 0.15) is 11.8 Å². The van der Waals surface area contributed by atoms with Gasteiger partial charge in [0.05, 0.1) is 0 Å². The zero-order valence-electron chi connectivity index (χ0n) is 9.81. The second kappa shape index (κ2) is 5.61. The molecule has 0 atom stereocenters. The fourth-order valence-electron chi connectivity index (χ4n) is 1.58. The molecule has 2 rings (SSSR count). The normalized spacial score (nSPS) is 9.83. The Labute approximate surface area is 114 Å². The summed E-state index contributed by atoms with van der Waals surface area (Å²) in [6, 6.07) is 9.54. The van der Waals surface area contributed by atoms with E-state index in [9.17, 15) is 0 Å². The van der Waals surface area contributed by atoms with Gasteiger partial charge < -0.3 is 5.32 Å². The molecule has 1 aromatic carbocycles. The van der Waals surface area contributed by atoms with Crippen LogP contribution in [0.15, 0.2) is 34.9 Å². The number of rotatable bonds is 3. The van der Waals surface area contributed by atoms with Gasteiger partial charge in [-0.3, -0.25) is 0 Å². The van der Waals surface area contributed by atoms with E-state index in [4.69, 9.17) is 5.26 Å². The maximum Gasteiger partial charge on any atom is 0.228 e. The molecule has 2 aromatic rings. The van der Waals surface area contributed by atoms with Crippen LogP contribution in [0, 0.1) is 11.3 Å². The maximum atomic E-state index is 8.79. The van der Waals surface area contributed by atoms with Crippen molar-refractivity contribution in [1.82, 2.24) is 9.97 Å². The predicted molar refractivity (Wildman–Crippen MR) is 73.5 cm³/mol. The molecule has 0 bridgehead atoms. The number of nitrogens with zero attached hydrogens (tertiary/aromatic N) is 3. The van der Waals surface area contributed by atoms with Gasteiger partial charge in [-0.1, -0.05) is 22.9 Å². The first-order valence-electron chi connectivity index (χ1n) is 5.51. The number of nitriles is 1. The molecule has 0 unspecified atom stereocenters. The average molecular weight is 303 g/mol. The fraction of sp³-hybridized carbons (Fsp3) is 0.154. The van der Waals surface area contributed by atoms with Gasteiger partial charge in [0.15, 0.2) is 0 Å². The summed E-state index contributed by atoms with van der Waals surface area (Å²) in [5.41, 5.74) is 2.47. The molecule has 90 valence electrons. The Kier molecular flexibility index (Phi) is 3.90. The van der Waals surface area contributed by atoms with E-state index in [-0.39, 0.29) is 0 Å². The summed E-state index contributed by atoms with van der Waals surface area (Å²) < 4.78 is 1.04. The van der Waals surface area contributed by atoms with E-state index >= 15 is 0 Å². The molecular formula is C13H11BrN4. The van der Waals surface area contributed by atoms with Crippen molar-refractivity contribution in [3.63, 3.8) is 0 Å².